The minimum absolute atomic E-state index is 0.0860. The Balaban J connectivity index is 1.49. The Morgan fingerprint density at radius 3 is 2.59 bits per heavy atom. The van der Waals surface area contributed by atoms with Gasteiger partial charge in [0.25, 0.3) is 0 Å². The first-order chi connectivity index (χ1) is 17.5. The quantitative estimate of drug-likeness (QED) is 0.185. The van der Waals surface area contributed by atoms with Crippen molar-refractivity contribution in [2.45, 2.75) is 56.6 Å². The fourth-order valence-electron chi connectivity index (χ4n) is 4.14. The lowest BCUT2D eigenvalue weighted by atomic mass is 10.1. The third-order valence-corrected chi connectivity index (χ3v) is 7.03. The fourth-order valence-corrected chi connectivity index (χ4v) is 4.87. The molecule has 3 rings (SSSR count). The first-order valence-corrected chi connectivity index (χ1v) is 14.4. The van der Waals surface area contributed by atoms with Crippen LogP contribution in [-0.4, -0.2) is 113 Å². The SMILES string of the molecule is CN(C)C[C@H]1OC(n2cnc3c(N)nc(NCCNC(=O)CCCCCCS(C)(=O)=O)nc32)[C@H](O)[C@@H]1O. The summed E-state index contributed by atoms with van der Waals surface area (Å²) in [6.07, 6.45) is 2.20. The summed E-state index contributed by atoms with van der Waals surface area (Å²) >= 11 is 0. The van der Waals surface area contributed by atoms with Crippen molar-refractivity contribution in [2.75, 3.05) is 56.8 Å². The molecule has 3 heterocycles. The highest BCUT2D eigenvalue weighted by molar-refractivity contribution is 7.90. The van der Waals surface area contributed by atoms with Crippen LogP contribution in [0, 0.1) is 0 Å². The average Bonchev–Trinajstić information content (AvgIpc) is 3.34. The molecule has 0 bridgehead atoms. The number of likely N-dealkylation sites (N-methyl/N-ethyl adjacent to an activating group) is 1. The van der Waals surface area contributed by atoms with E-state index in [1.54, 1.807) is 0 Å². The van der Waals surface area contributed by atoms with Crippen molar-refractivity contribution >= 4 is 38.7 Å². The van der Waals surface area contributed by atoms with Gasteiger partial charge in [0.05, 0.1) is 6.33 Å². The molecule has 2 aromatic heterocycles. The Bertz CT molecular complexity index is 1160. The molecular weight excluding hydrogens is 504 g/mol. The number of hydrogen-bond acceptors (Lipinski definition) is 12. The first kappa shape index (κ1) is 29.0. The third-order valence-electron chi connectivity index (χ3n) is 6.00. The number of fused-ring (bicyclic) bond motifs is 1. The van der Waals surface area contributed by atoms with Crippen molar-refractivity contribution in [1.29, 1.82) is 0 Å². The maximum absolute atomic E-state index is 12.0. The van der Waals surface area contributed by atoms with Crippen LogP contribution < -0.4 is 16.4 Å². The summed E-state index contributed by atoms with van der Waals surface area (Å²) in [6, 6.07) is 0. The van der Waals surface area contributed by atoms with Crippen LogP contribution >= 0.6 is 0 Å². The van der Waals surface area contributed by atoms with Crippen molar-refractivity contribution in [1.82, 2.24) is 29.7 Å². The molecule has 0 aliphatic carbocycles. The third kappa shape index (κ3) is 8.20. The molecule has 1 saturated heterocycles. The Morgan fingerprint density at radius 1 is 1.16 bits per heavy atom. The monoisotopic (exact) mass is 542 g/mol. The number of unbranched alkanes of at least 4 members (excludes halogenated alkanes) is 3. The normalized spacial score (nSPS) is 22.1. The van der Waals surface area contributed by atoms with Crippen LogP contribution in [0.15, 0.2) is 6.33 Å². The number of anilines is 2. The van der Waals surface area contributed by atoms with Crippen molar-refractivity contribution in [3.8, 4) is 0 Å². The summed E-state index contributed by atoms with van der Waals surface area (Å²) in [4.78, 5) is 26.8. The molecule has 1 unspecified atom stereocenters. The zero-order valence-corrected chi connectivity index (χ0v) is 22.3. The molecule has 15 heteroatoms. The molecule has 0 spiro atoms. The molecule has 1 aliphatic rings. The van der Waals surface area contributed by atoms with Gasteiger partial charge in [-0.1, -0.05) is 12.8 Å². The number of nitrogens with zero attached hydrogens (tertiary/aromatic N) is 5. The number of ether oxygens (including phenoxy) is 1. The predicted octanol–water partition coefficient (Wildman–Crippen LogP) is -0.887. The van der Waals surface area contributed by atoms with E-state index in [-0.39, 0.29) is 23.4 Å². The van der Waals surface area contributed by atoms with Crippen LogP contribution in [0.3, 0.4) is 0 Å². The maximum Gasteiger partial charge on any atom is 0.226 e. The molecule has 1 fully saturated rings. The highest BCUT2D eigenvalue weighted by atomic mass is 32.2. The Labute approximate surface area is 216 Å². The number of amides is 1. The number of aliphatic hydroxyl groups excluding tert-OH is 2. The lowest BCUT2D eigenvalue weighted by Gasteiger charge is -2.19. The molecule has 1 aliphatic heterocycles. The minimum atomic E-state index is -2.93. The number of carbonyl (C=O) groups excluding carboxylic acids is 1. The van der Waals surface area contributed by atoms with Gasteiger partial charge in [-0.25, -0.2) is 13.4 Å². The minimum Gasteiger partial charge on any atom is -0.387 e. The number of nitrogens with two attached hydrogens (primary N) is 1. The summed E-state index contributed by atoms with van der Waals surface area (Å²) in [5.74, 6) is 0.461. The second kappa shape index (κ2) is 12.8. The summed E-state index contributed by atoms with van der Waals surface area (Å²) in [7, 11) is 0.764. The molecule has 37 heavy (non-hydrogen) atoms. The molecular formula is C22H38N8O6S. The Morgan fingerprint density at radius 2 is 1.89 bits per heavy atom. The molecule has 1 amide bonds. The van der Waals surface area contributed by atoms with E-state index in [1.165, 1.54) is 17.2 Å². The second-order valence-corrected chi connectivity index (χ2v) is 11.9. The Kier molecular flexibility index (Phi) is 10.0. The van der Waals surface area contributed by atoms with Gasteiger partial charge in [-0.05, 0) is 26.9 Å². The van der Waals surface area contributed by atoms with Gasteiger partial charge in [-0.15, -0.1) is 0 Å². The van der Waals surface area contributed by atoms with Crippen LogP contribution in [0.5, 0.6) is 0 Å². The lowest BCUT2D eigenvalue weighted by molar-refractivity contribution is -0.121. The molecule has 6 N–H and O–H groups in total. The number of carbonyl (C=O) groups is 1. The van der Waals surface area contributed by atoms with Crippen LogP contribution in [0.4, 0.5) is 11.8 Å². The molecule has 208 valence electrons. The van der Waals surface area contributed by atoms with E-state index < -0.39 is 34.4 Å². The van der Waals surface area contributed by atoms with Gasteiger partial charge >= 0.3 is 0 Å². The maximum atomic E-state index is 12.0. The summed E-state index contributed by atoms with van der Waals surface area (Å²) in [5, 5.41) is 26.8. The number of hydrogen-bond donors (Lipinski definition) is 5. The number of rotatable bonds is 14. The van der Waals surface area contributed by atoms with Crippen molar-refractivity contribution in [3.05, 3.63) is 6.33 Å². The number of sulfone groups is 1. The van der Waals surface area contributed by atoms with Gasteiger partial charge in [0.15, 0.2) is 17.7 Å². The predicted molar refractivity (Wildman–Crippen MR) is 139 cm³/mol. The highest BCUT2D eigenvalue weighted by Crippen LogP contribution is 2.32. The lowest BCUT2D eigenvalue weighted by Crippen LogP contribution is -2.37. The average molecular weight is 543 g/mol. The zero-order chi connectivity index (χ0) is 27.2. The number of nitrogen functional groups attached to an aromatic ring is 1. The van der Waals surface area contributed by atoms with E-state index in [4.69, 9.17) is 10.5 Å². The largest absolute Gasteiger partial charge is 0.387 e. The van der Waals surface area contributed by atoms with Gasteiger partial charge in [0.1, 0.15) is 33.7 Å². The summed E-state index contributed by atoms with van der Waals surface area (Å²) in [6.45, 7) is 1.13. The van der Waals surface area contributed by atoms with Gasteiger partial charge in [-0.2, -0.15) is 9.97 Å². The molecule has 0 saturated carbocycles. The fraction of sp³-hybridized carbons (Fsp3) is 0.727. The second-order valence-electron chi connectivity index (χ2n) is 9.64. The van der Waals surface area contributed by atoms with Crippen molar-refractivity contribution in [3.63, 3.8) is 0 Å². The van der Waals surface area contributed by atoms with Crippen LogP contribution in [0.25, 0.3) is 11.2 Å². The van der Waals surface area contributed by atoms with E-state index in [2.05, 4.69) is 25.6 Å². The van der Waals surface area contributed by atoms with Gasteiger partial charge < -0.3 is 36.2 Å². The number of aromatic nitrogens is 4. The topological polar surface area (TPSA) is 198 Å². The van der Waals surface area contributed by atoms with E-state index >= 15 is 0 Å². The van der Waals surface area contributed by atoms with Crippen LogP contribution in [0.2, 0.25) is 0 Å². The summed E-state index contributed by atoms with van der Waals surface area (Å²) in [5.41, 5.74) is 6.75. The van der Waals surface area contributed by atoms with E-state index in [1.807, 2.05) is 19.0 Å². The van der Waals surface area contributed by atoms with Crippen molar-refractivity contribution < 1.29 is 28.2 Å². The number of nitrogens with one attached hydrogen (secondary N) is 2. The first-order valence-electron chi connectivity index (χ1n) is 12.3. The van der Waals surface area contributed by atoms with Gasteiger partial charge in [-0.3, -0.25) is 9.36 Å². The van der Waals surface area contributed by atoms with Crippen LogP contribution in [-0.2, 0) is 19.4 Å². The van der Waals surface area contributed by atoms with E-state index in [9.17, 15) is 23.4 Å². The zero-order valence-electron chi connectivity index (χ0n) is 21.5. The molecule has 0 aromatic carbocycles. The van der Waals surface area contributed by atoms with Gasteiger partial charge in [0, 0.05) is 38.1 Å². The number of imidazole rings is 1. The molecule has 2 aromatic rings. The smallest absolute Gasteiger partial charge is 0.226 e. The standard InChI is InChI=1S/C22H38N8O6S/c1-29(2)12-14-17(32)18(33)21(36-14)30-13-26-16-19(23)27-22(28-20(16)30)25-10-9-24-15(31)8-6-4-5-7-11-37(3,34)35/h13-14,17-18,21,32-33H,4-12H2,1-3H3,(H,24,31)(H3,23,25,27,28)/t14-,17-,18-,21?/m1/s1. The number of aliphatic hydroxyl groups is 2. The van der Waals surface area contributed by atoms with Crippen molar-refractivity contribution in [2.24, 2.45) is 0 Å². The van der Waals surface area contributed by atoms with E-state index in [0.29, 0.717) is 50.1 Å². The molecule has 0 radical (unpaired) electrons. The highest BCUT2D eigenvalue weighted by Gasteiger charge is 2.44. The van der Waals surface area contributed by atoms with Crippen LogP contribution in [0.1, 0.15) is 38.3 Å². The van der Waals surface area contributed by atoms with E-state index in [0.717, 1.165) is 12.8 Å². The Hall–Kier alpha value is -2.59. The molecule has 4 atom stereocenters. The molecule has 14 nitrogen and oxygen atoms in total. The summed E-state index contributed by atoms with van der Waals surface area (Å²) < 4.78 is 29.7. The van der Waals surface area contributed by atoms with Gasteiger partial charge in [0.2, 0.25) is 11.9 Å².